The van der Waals surface area contributed by atoms with Crippen molar-refractivity contribution in [2.45, 2.75) is 70.9 Å². The highest BCUT2D eigenvalue weighted by atomic mass is 16.2. The van der Waals surface area contributed by atoms with E-state index in [1.165, 1.54) is 37.0 Å². The van der Waals surface area contributed by atoms with Crippen molar-refractivity contribution in [1.29, 1.82) is 0 Å². The Labute approximate surface area is 128 Å². The molecule has 1 saturated carbocycles. The second-order valence-corrected chi connectivity index (χ2v) is 7.34. The fraction of sp³-hybridized carbons (Fsp3) is 0.875. The van der Waals surface area contributed by atoms with Crippen LogP contribution >= 0.6 is 0 Å². The van der Waals surface area contributed by atoms with Crippen molar-refractivity contribution in [3.63, 3.8) is 0 Å². The Morgan fingerprint density at radius 1 is 1.24 bits per heavy atom. The smallest absolute Gasteiger partial charge is 0.240 e. The summed E-state index contributed by atoms with van der Waals surface area (Å²) in [7, 11) is 1.64. The van der Waals surface area contributed by atoms with Crippen LogP contribution in [0.15, 0.2) is 0 Å². The molecule has 5 heteroatoms. The van der Waals surface area contributed by atoms with Gasteiger partial charge in [-0.3, -0.25) is 9.59 Å². The lowest BCUT2D eigenvalue weighted by Crippen LogP contribution is -2.49. The number of rotatable bonds is 5. The van der Waals surface area contributed by atoms with Crippen molar-refractivity contribution in [1.82, 2.24) is 10.2 Å². The first-order chi connectivity index (χ1) is 9.69. The fourth-order valence-corrected chi connectivity index (χ4v) is 2.92. The summed E-state index contributed by atoms with van der Waals surface area (Å²) < 4.78 is 0. The fourth-order valence-electron chi connectivity index (χ4n) is 2.92. The number of hydrogen-bond acceptors (Lipinski definition) is 3. The van der Waals surface area contributed by atoms with E-state index < -0.39 is 6.04 Å². The zero-order chi connectivity index (χ0) is 16.0. The molecule has 0 aromatic carbocycles. The number of hydrogen-bond donors (Lipinski definition) is 2. The minimum Gasteiger partial charge on any atom is -0.350 e. The largest absolute Gasteiger partial charge is 0.350 e. The molecule has 0 bridgehead atoms. The van der Waals surface area contributed by atoms with Crippen molar-refractivity contribution in [3.8, 4) is 0 Å². The van der Waals surface area contributed by atoms with Crippen LogP contribution in [0.3, 0.4) is 0 Å². The lowest BCUT2D eigenvalue weighted by molar-refractivity contribution is -0.136. The predicted molar refractivity (Wildman–Crippen MR) is 84.7 cm³/mol. The minimum absolute atomic E-state index is 0.0640. The van der Waals surface area contributed by atoms with E-state index in [9.17, 15) is 9.59 Å². The van der Waals surface area contributed by atoms with Crippen LogP contribution in [0.2, 0.25) is 0 Å². The molecule has 0 saturated heterocycles. The Morgan fingerprint density at radius 2 is 1.81 bits per heavy atom. The van der Waals surface area contributed by atoms with Gasteiger partial charge in [0, 0.05) is 12.6 Å². The van der Waals surface area contributed by atoms with E-state index in [4.69, 9.17) is 5.73 Å². The number of likely N-dealkylation sites (N-methyl/N-ethyl adjacent to an activating group) is 1. The van der Waals surface area contributed by atoms with Gasteiger partial charge in [-0.1, -0.05) is 32.1 Å². The summed E-state index contributed by atoms with van der Waals surface area (Å²) >= 11 is 0. The summed E-state index contributed by atoms with van der Waals surface area (Å²) in [6.07, 6.45) is 6.88. The maximum absolute atomic E-state index is 12.2. The van der Waals surface area contributed by atoms with Crippen LogP contribution in [-0.2, 0) is 9.59 Å². The van der Waals surface area contributed by atoms with Crippen molar-refractivity contribution in [2.24, 2.45) is 11.7 Å². The van der Waals surface area contributed by atoms with Gasteiger partial charge in [-0.15, -0.1) is 0 Å². The number of nitrogens with two attached hydrogens (primary N) is 1. The van der Waals surface area contributed by atoms with E-state index in [0.29, 0.717) is 5.92 Å². The number of nitrogens with zero attached hydrogens (tertiary/aromatic N) is 1. The average molecular weight is 297 g/mol. The van der Waals surface area contributed by atoms with Gasteiger partial charge >= 0.3 is 0 Å². The monoisotopic (exact) mass is 297 g/mol. The highest BCUT2D eigenvalue weighted by Crippen LogP contribution is 2.27. The molecule has 1 unspecified atom stereocenters. The van der Waals surface area contributed by atoms with Gasteiger partial charge in [-0.05, 0) is 33.1 Å². The maximum atomic E-state index is 12.2. The highest BCUT2D eigenvalue weighted by molar-refractivity contribution is 5.87. The summed E-state index contributed by atoms with van der Waals surface area (Å²) in [6, 6.07) is -0.486. The summed E-state index contributed by atoms with van der Waals surface area (Å²) in [5.41, 5.74) is 5.74. The molecule has 21 heavy (non-hydrogen) atoms. The Balaban J connectivity index is 2.39. The van der Waals surface area contributed by atoms with Crippen LogP contribution in [-0.4, -0.2) is 41.9 Å². The Morgan fingerprint density at radius 3 is 2.33 bits per heavy atom. The van der Waals surface area contributed by atoms with E-state index in [1.54, 1.807) is 7.05 Å². The summed E-state index contributed by atoms with van der Waals surface area (Å²) in [4.78, 5) is 25.5. The van der Waals surface area contributed by atoms with E-state index >= 15 is 0 Å². The van der Waals surface area contributed by atoms with E-state index in [-0.39, 0.29) is 23.9 Å². The Bertz CT molecular complexity index is 357. The quantitative estimate of drug-likeness (QED) is 0.810. The normalized spacial score (nSPS) is 18.1. The van der Waals surface area contributed by atoms with Gasteiger partial charge in [0.15, 0.2) is 0 Å². The van der Waals surface area contributed by atoms with Gasteiger partial charge in [0.1, 0.15) is 0 Å². The molecule has 3 N–H and O–H groups in total. The van der Waals surface area contributed by atoms with E-state index in [0.717, 1.165) is 6.42 Å². The maximum Gasteiger partial charge on any atom is 0.240 e. The number of amides is 2. The molecule has 0 heterocycles. The van der Waals surface area contributed by atoms with Crippen molar-refractivity contribution >= 4 is 11.8 Å². The standard InChI is InChI=1S/C16H31N3O2/c1-16(2,3)18-14(20)11-19(4)15(21)13(17)10-12-8-6-5-7-9-12/h12-13H,5-11,17H2,1-4H3,(H,18,20). The molecule has 0 aliphatic heterocycles. The van der Waals surface area contributed by atoms with Crippen LogP contribution in [0.5, 0.6) is 0 Å². The molecule has 2 amide bonds. The van der Waals surface area contributed by atoms with Gasteiger partial charge in [-0.2, -0.15) is 0 Å². The van der Waals surface area contributed by atoms with Crippen LogP contribution < -0.4 is 11.1 Å². The molecular weight excluding hydrogens is 266 g/mol. The zero-order valence-corrected chi connectivity index (χ0v) is 13.9. The van der Waals surface area contributed by atoms with Gasteiger partial charge < -0.3 is 16.0 Å². The molecule has 0 spiro atoms. The van der Waals surface area contributed by atoms with Crippen LogP contribution in [0.25, 0.3) is 0 Å². The molecule has 122 valence electrons. The highest BCUT2D eigenvalue weighted by Gasteiger charge is 2.25. The Kier molecular flexibility index (Phi) is 6.65. The van der Waals surface area contributed by atoms with E-state index in [1.807, 2.05) is 20.8 Å². The second-order valence-electron chi connectivity index (χ2n) is 7.34. The van der Waals surface area contributed by atoms with Gasteiger partial charge in [0.2, 0.25) is 11.8 Å². The number of nitrogens with one attached hydrogen (secondary N) is 1. The number of carbonyl (C=O) groups is 2. The van der Waals surface area contributed by atoms with Gasteiger partial charge in [-0.25, -0.2) is 0 Å². The summed E-state index contributed by atoms with van der Waals surface area (Å²) in [5.74, 6) is 0.280. The lowest BCUT2D eigenvalue weighted by Gasteiger charge is -2.27. The molecule has 1 aliphatic carbocycles. The molecule has 5 nitrogen and oxygen atoms in total. The van der Waals surface area contributed by atoms with Crippen LogP contribution in [0, 0.1) is 5.92 Å². The SMILES string of the molecule is CN(CC(=O)NC(C)(C)C)C(=O)C(N)CC1CCCCC1. The topological polar surface area (TPSA) is 75.4 Å². The third kappa shape index (κ3) is 6.93. The molecule has 0 aromatic heterocycles. The van der Waals surface area contributed by atoms with Crippen molar-refractivity contribution < 1.29 is 9.59 Å². The number of carbonyl (C=O) groups excluding carboxylic acids is 2. The molecule has 0 aromatic rings. The molecule has 1 rings (SSSR count). The Hall–Kier alpha value is -1.10. The second kappa shape index (κ2) is 7.78. The van der Waals surface area contributed by atoms with Crippen molar-refractivity contribution in [3.05, 3.63) is 0 Å². The average Bonchev–Trinajstić information content (AvgIpc) is 2.36. The van der Waals surface area contributed by atoms with Crippen molar-refractivity contribution in [2.75, 3.05) is 13.6 Å². The summed E-state index contributed by atoms with van der Waals surface area (Å²) in [5, 5.41) is 2.85. The molecule has 1 fully saturated rings. The van der Waals surface area contributed by atoms with E-state index in [2.05, 4.69) is 5.32 Å². The molecule has 0 radical (unpaired) electrons. The van der Waals surface area contributed by atoms with Crippen LogP contribution in [0.1, 0.15) is 59.3 Å². The summed E-state index contributed by atoms with van der Waals surface area (Å²) in [6.45, 7) is 5.82. The first-order valence-corrected chi connectivity index (χ1v) is 8.00. The predicted octanol–water partition coefficient (Wildman–Crippen LogP) is 1.66. The first-order valence-electron chi connectivity index (χ1n) is 8.00. The minimum atomic E-state index is -0.486. The third-order valence-corrected chi connectivity index (χ3v) is 3.90. The molecule has 1 aliphatic rings. The lowest BCUT2D eigenvalue weighted by atomic mass is 9.85. The third-order valence-electron chi connectivity index (χ3n) is 3.90. The van der Waals surface area contributed by atoms with Gasteiger partial charge in [0.05, 0.1) is 12.6 Å². The first kappa shape index (κ1) is 18.0. The molecular formula is C16H31N3O2. The molecule has 1 atom stereocenters. The zero-order valence-electron chi connectivity index (χ0n) is 13.9. The van der Waals surface area contributed by atoms with Crippen LogP contribution in [0.4, 0.5) is 0 Å². The van der Waals surface area contributed by atoms with Gasteiger partial charge in [0.25, 0.3) is 0 Å².